The quantitative estimate of drug-likeness (QED) is 0.661. The summed E-state index contributed by atoms with van der Waals surface area (Å²) in [4.78, 5) is 24.1. The number of carbonyl (C=O) groups excluding carboxylic acids is 2. The van der Waals surface area contributed by atoms with Gasteiger partial charge in [0, 0.05) is 18.8 Å². The fourth-order valence-electron chi connectivity index (χ4n) is 2.60. The molecule has 0 atom stereocenters. The SMILES string of the molecule is CCN(CC)S(=O)(=O)c1ccc(C)c(NC(=O)COC(=O)c2ccc(F)cc2)c1. The smallest absolute Gasteiger partial charge is 0.338 e. The van der Waals surface area contributed by atoms with E-state index in [1.54, 1.807) is 26.8 Å². The Balaban J connectivity index is 2.08. The number of sulfonamides is 1. The number of ether oxygens (including phenoxy) is 1. The van der Waals surface area contributed by atoms with Gasteiger partial charge in [0.15, 0.2) is 6.61 Å². The monoisotopic (exact) mass is 422 g/mol. The largest absolute Gasteiger partial charge is 0.452 e. The first-order valence-electron chi connectivity index (χ1n) is 9.02. The number of halogens is 1. The highest BCUT2D eigenvalue weighted by molar-refractivity contribution is 7.89. The normalized spacial score (nSPS) is 11.3. The van der Waals surface area contributed by atoms with Gasteiger partial charge in [0.2, 0.25) is 10.0 Å². The maximum Gasteiger partial charge on any atom is 0.338 e. The van der Waals surface area contributed by atoms with Crippen molar-refractivity contribution in [1.82, 2.24) is 4.31 Å². The van der Waals surface area contributed by atoms with E-state index in [0.717, 1.165) is 12.1 Å². The molecule has 1 N–H and O–H groups in total. The first-order valence-corrected chi connectivity index (χ1v) is 10.5. The second-order valence-electron chi connectivity index (χ2n) is 6.20. The zero-order valence-corrected chi connectivity index (χ0v) is 17.3. The van der Waals surface area contributed by atoms with E-state index in [1.165, 1.54) is 28.6 Å². The van der Waals surface area contributed by atoms with Crippen LogP contribution in [0.25, 0.3) is 0 Å². The van der Waals surface area contributed by atoms with Crippen LogP contribution in [-0.4, -0.2) is 44.3 Å². The van der Waals surface area contributed by atoms with Crippen LogP contribution in [0.4, 0.5) is 10.1 Å². The number of hydrogen-bond donors (Lipinski definition) is 1. The molecule has 29 heavy (non-hydrogen) atoms. The predicted molar refractivity (Wildman–Crippen MR) is 107 cm³/mol. The van der Waals surface area contributed by atoms with Crippen molar-refractivity contribution in [2.24, 2.45) is 0 Å². The maximum absolute atomic E-state index is 12.9. The molecule has 0 radical (unpaired) electrons. The molecule has 0 saturated heterocycles. The Morgan fingerprint density at radius 2 is 1.69 bits per heavy atom. The summed E-state index contributed by atoms with van der Waals surface area (Å²) < 4.78 is 44.4. The third kappa shape index (κ3) is 5.61. The van der Waals surface area contributed by atoms with Gasteiger partial charge in [0.25, 0.3) is 5.91 Å². The maximum atomic E-state index is 12.9. The summed E-state index contributed by atoms with van der Waals surface area (Å²) in [5.41, 5.74) is 1.07. The molecule has 2 aromatic carbocycles. The molecule has 1 amide bonds. The van der Waals surface area contributed by atoms with Crippen LogP contribution in [0.3, 0.4) is 0 Å². The minimum absolute atomic E-state index is 0.0606. The fraction of sp³-hybridized carbons (Fsp3) is 0.300. The zero-order chi connectivity index (χ0) is 21.6. The number of carbonyl (C=O) groups is 2. The van der Waals surface area contributed by atoms with E-state index in [4.69, 9.17) is 4.74 Å². The van der Waals surface area contributed by atoms with Crippen LogP contribution in [0, 0.1) is 12.7 Å². The van der Waals surface area contributed by atoms with Crippen LogP contribution in [0.5, 0.6) is 0 Å². The number of anilines is 1. The molecule has 2 rings (SSSR count). The Morgan fingerprint density at radius 1 is 1.07 bits per heavy atom. The first kappa shape index (κ1) is 22.5. The molecule has 0 saturated carbocycles. The molecule has 0 aliphatic rings. The Morgan fingerprint density at radius 3 is 2.28 bits per heavy atom. The molecule has 0 unspecified atom stereocenters. The third-order valence-electron chi connectivity index (χ3n) is 4.24. The summed E-state index contributed by atoms with van der Waals surface area (Å²) in [5, 5.41) is 2.55. The van der Waals surface area contributed by atoms with Crippen LogP contribution in [-0.2, 0) is 19.6 Å². The number of esters is 1. The molecular formula is C20H23FN2O5S. The van der Waals surface area contributed by atoms with Crippen molar-refractivity contribution in [3.05, 3.63) is 59.4 Å². The minimum atomic E-state index is -3.68. The Hall–Kier alpha value is -2.78. The third-order valence-corrected chi connectivity index (χ3v) is 6.29. The van der Waals surface area contributed by atoms with Crippen LogP contribution in [0.15, 0.2) is 47.4 Å². The molecule has 0 aromatic heterocycles. The van der Waals surface area contributed by atoms with Crippen molar-refractivity contribution in [3.8, 4) is 0 Å². The summed E-state index contributed by atoms with van der Waals surface area (Å²) >= 11 is 0. The number of aryl methyl sites for hydroxylation is 1. The lowest BCUT2D eigenvalue weighted by atomic mass is 10.2. The van der Waals surface area contributed by atoms with Crippen molar-refractivity contribution >= 4 is 27.6 Å². The van der Waals surface area contributed by atoms with Gasteiger partial charge in [0.05, 0.1) is 10.5 Å². The molecule has 156 valence electrons. The summed E-state index contributed by atoms with van der Waals surface area (Å²) in [6.07, 6.45) is 0. The Bertz CT molecular complexity index is 986. The Kier molecular flexibility index (Phi) is 7.46. The van der Waals surface area contributed by atoms with Crippen LogP contribution >= 0.6 is 0 Å². The topological polar surface area (TPSA) is 92.8 Å². The lowest BCUT2D eigenvalue weighted by Crippen LogP contribution is -2.30. The van der Waals surface area contributed by atoms with E-state index in [0.29, 0.717) is 24.3 Å². The van der Waals surface area contributed by atoms with Crippen molar-refractivity contribution in [3.63, 3.8) is 0 Å². The van der Waals surface area contributed by atoms with Gasteiger partial charge in [-0.1, -0.05) is 19.9 Å². The number of amides is 1. The highest BCUT2D eigenvalue weighted by Gasteiger charge is 2.22. The molecule has 0 aliphatic heterocycles. The highest BCUT2D eigenvalue weighted by atomic mass is 32.2. The van der Waals surface area contributed by atoms with E-state index >= 15 is 0 Å². The van der Waals surface area contributed by atoms with Gasteiger partial charge in [-0.25, -0.2) is 17.6 Å². The van der Waals surface area contributed by atoms with E-state index in [-0.39, 0.29) is 10.5 Å². The van der Waals surface area contributed by atoms with Gasteiger partial charge in [0.1, 0.15) is 5.82 Å². The summed E-state index contributed by atoms with van der Waals surface area (Å²) in [5.74, 6) is -1.88. The number of nitrogens with one attached hydrogen (secondary N) is 1. The van der Waals surface area contributed by atoms with Crippen molar-refractivity contribution in [2.45, 2.75) is 25.7 Å². The van der Waals surface area contributed by atoms with Crippen LogP contribution in [0.1, 0.15) is 29.8 Å². The molecule has 2 aromatic rings. The van der Waals surface area contributed by atoms with Gasteiger partial charge >= 0.3 is 5.97 Å². The minimum Gasteiger partial charge on any atom is -0.452 e. The van der Waals surface area contributed by atoms with Crippen LogP contribution in [0.2, 0.25) is 0 Å². The highest BCUT2D eigenvalue weighted by Crippen LogP contribution is 2.23. The second-order valence-corrected chi connectivity index (χ2v) is 8.14. The molecule has 0 bridgehead atoms. The molecule has 7 nitrogen and oxygen atoms in total. The standard InChI is InChI=1S/C20H23FN2O5S/c1-4-23(5-2)29(26,27)17-11-6-14(3)18(12-17)22-19(24)13-28-20(25)15-7-9-16(21)10-8-15/h6-12H,4-5,13H2,1-3H3,(H,22,24). The average molecular weight is 422 g/mol. The number of rotatable bonds is 8. The summed E-state index contributed by atoms with van der Waals surface area (Å²) in [6, 6.07) is 9.18. The number of nitrogens with zero attached hydrogens (tertiary/aromatic N) is 1. The summed E-state index contributed by atoms with van der Waals surface area (Å²) in [7, 11) is -3.68. The van der Waals surface area contributed by atoms with Gasteiger partial charge in [-0.15, -0.1) is 0 Å². The number of benzene rings is 2. The van der Waals surface area contributed by atoms with E-state index < -0.39 is 34.3 Å². The zero-order valence-electron chi connectivity index (χ0n) is 16.4. The summed E-state index contributed by atoms with van der Waals surface area (Å²) in [6.45, 7) is 5.29. The first-order chi connectivity index (χ1) is 13.7. The molecule has 0 fully saturated rings. The van der Waals surface area contributed by atoms with Gasteiger partial charge < -0.3 is 10.1 Å². The van der Waals surface area contributed by atoms with Crippen molar-refractivity contribution < 1.29 is 27.1 Å². The van der Waals surface area contributed by atoms with Crippen LogP contribution < -0.4 is 5.32 Å². The molecule has 0 spiro atoms. The van der Waals surface area contributed by atoms with E-state index in [1.807, 2.05) is 0 Å². The average Bonchev–Trinajstić information content (AvgIpc) is 2.69. The number of hydrogen-bond acceptors (Lipinski definition) is 5. The molecular weight excluding hydrogens is 399 g/mol. The van der Waals surface area contributed by atoms with Gasteiger partial charge in [-0.05, 0) is 48.9 Å². The predicted octanol–water partition coefficient (Wildman–Crippen LogP) is 2.96. The second kappa shape index (κ2) is 9.62. The van der Waals surface area contributed by atoms with Gasteiger partial charge in [-0.2, -0.15) is 4.31 Å². The fourth-order valence-corrected chi connectivity index (χ4v) is 4.08. The molecule has 0 aliphatic carbocycles. The lowest BCUT2D eigenvalue weighted by molar-refractivity contribution is -0.119. The Labute approximate surface area is 169 Å². The van der Waals surface area contributed by atoms with Crippen molar-refractivity contribution in [2.75, 3.05) is 25.0 Å². The lowest BCUT2D eigenvalue weighted by Gasteiger charge is -2.19. The van der Waals surface area contributed by atoms with Gasteiger partial charge in [-0.3, -0.25) is 4.79 Å². The van der Waals surface area contributed by atoms with E-state index in [9.17, 15) is 22.4 Å². The van der Waals surface area contributed by atoms with Crippen molar-refractivity contribution in [1.29, 1.82) is 0 Å². The van der Waals surface area contributed by atoms with E-state index in [2.05, 4.69) is 5.32 Å². The molecule has 0 heterocycles. The molecule has 9 heteroatoms.